The Bertz CT molecular complexity index is 1020. The maximum absolute atomic E-state index is 12.4. The molecule has 2 N–H and O–H groups in total. The number of nitrogens with zero attached hydrogens (tertiary/aromatic N) is 5. The van der Waals surface area contributed by atoms with E-state index in [2.05, 4.69) is 25.9 Å². The molecule has 1 aliphatic rings. The highest BCUT2D eigenvalue weighted by atomic mass is 16.2. The summed E-state index contributed by atoms with van der Waals surface area (Å²) in [5.41, 5.74) is 1.73. The molecule has 1 saturated heterocycles. The first-order valence-electron chi connectivity index (χ1n) is 9.83. The summed E-state index contributed by atoms with van der Waals surface area (Å²) in [5, 5.41) is 18.6. The molecule has 3 aromatic rings. The molecular formula is C21H23N7O2. The van der Waals surface area contributed by atoms with Crippen molar-refractivity contribution in [2.75, 3.05) is 29.9 Å². The molecule has 0 spiro atoms. The van der Waals surface area contributed by atoms with E-state index in [0.29, 0.717) is 31.3 Å². The van der Waals surface area contributed by atoms with Gasteiger partial charge in [0.25, 0.3) is 0 Å². The van der Waals surface area contributed by atoms with Crippen molar-refractivity contribution < 1.29 is 9.59 Å². The number of para-hydroxylation sites is 1. The summed E-state index contributed by atoms with van der Waals surface area (Å²) in [6, 6.07) is 15.0. The quantitative estimate of drug-likeness (QED) is 0.578. The van der Waals surface area contributed by atoms with Crippen molar-refractivity contribution in [2.45, 2.75) is 13.3 Å². The second-order valence-corrected chi connectivity index (χ2v) is 7.14. The smallest absolute Gasteiger partial charge is 0.227 e. The largest absolute Gasteiger partial charge is 0.367 e. The van der Waals surface area contributed by atoms with Crippen LogP contribution in [0, 0.1) is 12.8 Å². The molecule has 1 atom stereocenters. The van der Waals surface area contributed by atoms with Gasteiger partial charge in [0, 0.05) is 37.9 Å². The van der Waals surface area contributed by atoms with E-state index in [0.717, 1.165) is 11.4 Å². The normalized spacial score (nSPS) is 16.0. The number of nitrogens with one attached hydrogen (secondary N) is 2. The highest BCUT2D eigenvalue weighted by Crippen LogP contribution is 2.24. The third-order valence-electron chi connectivity index (χ3n) is 4.90. The van der Waals surface area contributed by atoms with Crippen molar-refractivity contribution in [3.8, 4) is 5.82 Å². The van der Waals surface area contributed by atoms with E-state index in [1.165, 1.54) is 0 Å². The molecule has 2 aromatic heterocycles. The lowest BCUT2D eigenvalue weighted by atomic mass is 10.1. The summed E-state index contributed by atoms with van der Waals surface area (Å²) < 4.78 is 1.66. The van der Waals surface area contributed by atoms with Crippen LogP contribution < -0.4 is 15.5 Å². The third kappa shape index (κ3) is 4.45. The van der Waals surface area contributed by atoms with Gasteiger partial charge in [0.05, 0.1) is 11.6 Å². The number of benzene rings is 1. The van der Waals surface area contributed by atoms with Crippen molar-refractivity contribution >= 4 is 23.3 Å². The molecule has 1 unspecified atom stereocenters. The van der Waals surface area contributed by atoms with Crippen LogP contribution in [0.3, 0.4) is 0 Å². The van der Waals surface area contributed by atoms with Crippen molar-refractivity contribution in [3.63, 3.8) is 0 Å². The van der Waals surface area contributed by atoms with E-state index < -0.39 is 0 Å². The molecule has 0 bridgehead atoms. The maximum atomic E-state index is 12.4. The summed E-state index contributed by atoms with van der Waals surface area (Å²) in [6.07, 6.45) is 2.06. The predicted octanol–water partition coefficient (Wildman–Crippen LogP) is 1.55. The Hall–Kier alpha value is -3.75. The zero-order chi connectivity index (χ0) is 20.9. The van der Waals surface area contributed by atoms with Crippen LogP contribution in [0.4, 0.5) is 11.5 Å². The zero-order valence-corrected chi connectivity index (χ0v) is 16.7. The van der Waals surface area contributed by atoms with Gasteiger partial charge in [-0.05, 0) is 37.3 Å². The van der Waals surface area contributed by atoms with Crippen LogP contribution in [-0.4, -0.2) is 51.4 Å². The van der Waals surface area contributed by atoms with Gasteiger partial charge in [-0.3, -0.25) is 9.59 Å². The fraction of sp³-hybridized carbons (Fsp3) is 0.286. The molecule has 1 aliphatic heterocycles. The number of aromatic nitrogens is 4. The monoisotopic (exact) mass is 405 g/mol. The van der Waals surface area contributed by atoms with Crippen LogP contribution in [0.1, 0.15) is 12.1 Å². The van der Waals surface area contributed by atoms with Crippen molar-refractivity contribution in [1.29, 1.82) is 0 Å². The Morgan fingerprint density at radius 3 is 2.63 bits per heavy atom. The van der Waals surface area contributed by atoms with Crippen LogP contribution in [0.15, 0.2) is 54.7 Å². The van der Waals surface area contributed by atoms with Gasteiger partial charge in [0.15, 0.2) is 5.82 Å². The summed E-state index contributed by atoms with van der Waals surface area (Å²) >= 11 is 0. The van der Waals surface area contributed by atoms with Crippen LogP contribution in [0.5, 0.6) is 0 Å². The summed E-state index contributed by atoms with van der Waals surface area (Å²) in [5.74, 6) is 0.773. The first kappa shape index (κ1) is 19.6. The van der Waals surface area contributed by atoms with E-state index >= 15 is 0 Å². The molecule has 0 saturated carbocycles. The summed E-state index contributed by atoms with van der Waals surface area (Å²) in [7, 11) is 0. The van der Waals surface area contributed by atoms with Gasteiger partial charge in [-0.2, -0.15) is 5.10 Å². The van der Waals surface area contributed by atoms with E-state index in [1.54, 1.807) is 9.58 Å². The molecule has 1 fully saturated rings. The Kier molecular flexibility index (Phi) is 5.69. The van der Waals surface area contributed by atoms with E-state index in [1.807, 2.05) is 61.7 Å². The lowest BCUT2D eigenvalue weighted by molar-refractivity contribution is -0.126. The summed E-state index contributed by atoms with van der Waals surface area (Å²) in [4.78, 5) is 26.3. The molecule has 9 heteroatoms. The molecule has 1 aromatic carbocycles. The molecule has 3 heterocycles. The van der Waals surface area contributed by atoms with Gasteiger partial charge in [-0.15, -0.1) is 10.2 Å². The Labute approximate surface area is 174 Å². The molecule has 0 aliphatic carbocycles. The van der Waals surface area contributed by atoms with Gasteiger partial charge in [0.1, 0.15) is 5.82 Å². The lowest BCUT2D eigenvalue weighted by Gasteiger charge is -2.16. The zero-order valence-electron chi connectivity index (χ0n) is 16.7. The highest BCUT2D eigenvalue weighted by Gasteiger charge is 2.34. The fourth-order valence-electron chi connectivity index (χ4n) is 3.35. The number of anilines is 2. The minimum absolute atomic E-state index is 0.0257. The van der Waals surface area contributed by atoms with Crippen LogP contribution in [-0.2, 0) is 9.59 Å². The molecule has 154 valence electrons. The van der Waals surface area contributed by atoms with Crippen molar-refractivity contribution in [2.24, 2.45) is 5.92 Å². The second kappa shape index (κ2) is 8.73. The SMILES string of the molecule is Cc1ccn(-c2ccc(NCCNC(=O)C3CC(=O)N(c4ccccc4)C3)nn2)n1. The lowest BCUT2D eigenvalue weighted by Crippen LogP contribution is -2.35. The van der Waals surface area contributed by atoms with E-state index in [9.17, 15) is 9.59 Å². The Balaban J connectivity index is 1.22. The molecule has 0 radical (unpaired) electrons. The Morgan fingerprint density at radius 2 is 1.93 bits per heavy atom. The predicted molar refractivity (Wildman–Crippen MR) is 112 cm³/mol. The standard InChI is InChI=1S/C21H23N7O2/c1-15-9-12-28(26-15)19-8-7-18(24-25-19)22-10-11-23-21(30)16-13-20(29)27(14-16)17-5-3-2-4-6-17/h2-9,12,16H,10-11,13-14H2,1H3,(H,22,24)(H,23,30). The van der Waals surface area contributed by atoms with Gasteiger partial charge < -0.3 is 15.5 Å². The number of hydrogen-bond donors (Lipinski definition) is 2. The molecule has 2 amide bonds. The number of carbonyl (C=O) groups is 2. The molecular weight excluding hydrogens is 382 g/mol. The minimum Gasteiger partial charge on any atom is -0.367 e. The molecule has 9 nitrogen and oxygen atoms in total. The number of carbonyl (C=O) groups excluding carboxylic acids is 2. The number of aryl methyl sites for hydroxylation is 1. The first-order valence-corrected chi connectivity index (χ1v) is 9.83. The first-order chi connectivity index (χ1) is 14.6. The van der Waals surface area contributed by atoms with Gasteiger partial charge >= 0.3 is 0 Å². The number of hydrogen-bond acceptors (Lipinski definition) is 6. The van der Waals surface area contributed by atoms with Crippen LogP contribution in [0.2, 0.25) is 0 Å². The van der Waals surface area contributed by atoms with Gasteiger partial charge in [-0.1, -0.05) is 18.2 Å². The van der Waals surface area contributed by atoms with Crippen LogP contribution in [0.25, 0.3) is 5.82 Å². The fourth-order valence-corrected chi connectivity index (χ4v) is 3.35. The van der Waals surface area contributed by atoms with Crippen LogP contribution >= 0.6 is 0 Å². The maximum Gasteiger partial charge on any atom is 0.227 e. The average molecular weight is 405 g/mol. The molecule has 30 heavy (non-hydrogen) atoms. The summed E-state index contributed by atoms with van der Waals surface area (Å²) in [6.45, 7) is 3.25. The topological polar surface area (TPSA) is 105 Å². The highest BCUT2D eigenvalue weighted by molar-refractivity contribution is 6.00. The second-order valence-electron chi connectivity index (χ2n) is 7.14. The van der Waals surface area contributed by atoms with Gasteiger partial charge in [-0.25, -0.2) is 4.68 Å². The van der Waals surface area contributed by atoms with E-state index in [-0.39, 0.29) is 24.2 Å². The number of amides is 2. The van der Waals surface area contributed by atoms with E-state index in [4.69, 9.17) is 0 Å². The Morgan fingerprint density at radius 1 is 1.10 bits per heavy atom. The van der Waals surface area contributed by atoms with Crippen molar-refractivity contribution in [1.82, 2.24) is 25.3 Å². The van der Waals surface area contributed by atoms with Gasteiger partial charge in [0.2, 0.25) is 11.8 Å². The minimum atomic E-state index is -0.339. The average Bonchev–Trinajstić information content (AvgIpc) is 3.38. The third-order valence-corrected chi connectivity index (χ3v) is 4.90. The number of rotatable bonds is 7. The van der Waals surface area contributed by atoms with Crippen molar-refractivity contribution in [3.05, 3.63) is 60.4 Å². The molecule has 4 rings (SSSR count).